The molecule has 0 saturated heterocycles. The lowest BCUT2D eigenvalue weighted by molar-refractivity contribution is -0.153. The maximum atomic E-state index is 11.9. The van der Waals surface area contributed by atoms with Gasteiger partial charge in [-0.15, -0.1) is 0 Å². The fourth-order valence-corrected chi connectivity index (χ4v) is 3.32. The summed E-state index contributed by atoms with van der Waals surface area (Å²) in [7, 11) is 0. The lowest BCUT2D eigenvalue weighted by Gasteiger charge is -2.29. The first kappa shape index (κ1) is 20.0. The van der Waals surface area contributed by atoms with E-state index < -0.39 is 5.97 Å². The number of benzene rings is 1. The molecule has 1 fully saturated rings. The van der Waals surface area contributed by atoms with Crippen molar-refractivity contribution in [3.8, 4) is 11.5 Å². The maximum absolute atomic E-state index is 11.9. The van der Waals surface area contributed by atoms with Gasteiger partial charge in [-0.05, 0) is 43.9 Å². The second kappa shape index (κ2) is 9.43. The molecule has 1 N–H and O–H groups in total. The van der Waals surface area contributed by atoms with Gasteiger partial charge < -0.3 is 24.4 Å². The maximum Gasteiger partial charge on any atom is 0.347 e. The van der Waals surface area contributed by atoms with E-state index in [4.69, 9.17) is 19.0 Å². The Morgan fingerprint density at radius 2 is 1.96 bits per heavy atom. The molecule has 2 aliphatic rings. The topological polar surface area (TPSA) is 95.5 Å². The van der Waals surface area contributed by atoms with Crippen molar-refractivity contribution in [2.45, 2.75) is 45.6 Å². The largest absolute Gasteiger partial charge is 0.454 e. The van der Waals surface area contributed by atoms with Crippen LogP contribution in [0.25, 0.3) is 0 Å². The zero-order chi connectivity index (χ0) is 19.9. The molecular weight excluding hydrogens is 364 g/mol. The minimum atomic E-state index is -0.644. The second-order valence-corrected chi connectivity index (χ2v) is 7.11. The summed E-state index contributed by atoms with van der Waals surface area (Å²) < 4.78 is 15.5. The number of fused-ring (bicyclic) bond motifs is 1. The van der Waals surface area contributed by atoms with Crippen LogP contribution >= 0.6 is 0 Å². The van der Waals surface area contributed by atoms with Gasteiger partial charge >= 0.3 is 5.97 Å². The molecule has 1 aliphatic heterocycles. The molecular formula is C20H26N2O6. The van der Waals surface area contributed by atoms with Gasteiger partial charge in [-0.3, -0.25) is 4.79 Å². The van der Waals surface area contributed by atoms with Crippen LogP contribution in [0.2, 0.25) is 0 Å². The summed E-state index contributed by atoms with van der Waals surface area (Å²) in [6.45, 7) is 3.40. The predicted octanol–water partition coefficient (Wildman–Crippen LogP) is 2.39. The summed E-state index contributed by atoms with van der Waals surface area (Å²) in [5.74, 6) is 0.846. The molecule has 1 saturated carbocycles. The number of esters is 1. The normalized spacial score (nSPS) is 21.1. The zero-order valence-electron chi connectivity index (χ0n) is 16.2. The van der Waals surface area contributed by atoms with E-state index >= 15 is 0 Å². The summed E-state index contributed by atoms with van der Waals surface area (Å²) in [4.78, 5) is 28.7. The predicted molar refractivity (Wildman–Crippen MR) is 101 cm³/mol. The van der Waals surface area contributed by atoms with Crippen LogP contribution in [-0.4, -0.2) is 43.6 Å². The molecule has 0 aromatic heterocycles. The fraction of sp³-hybridized carbons (Fsp3) is 0.550. The Morgan fingerprint density at radius 3 is 2.79 bits per heavy atom. The lowest BCUT2D eigenvalue weighted by atomic mass is 9.86. The van der Waals surface area contributed by atoms with Crippen LogP contribution in [0.5, 0.6) is 11.5 Å². The van der Waals surface area contributed by atoms with Crippen LogP contribution in [0.1, 0.15) is 45.1 Å². The number of rotatable bonds is 7. The number of nitrogens with one attached hydrogen (secondary N) is 1. The molecule has 1 aromatic rings. The standard InChI is InChI=1S/C20H26N2O6/c1-13-5-3-4-6-16(13)21-19(23)10-25-20(24)11-28-22-14(2)15-7-8-17-18(9-15)27-12-26-17/h7-9,13,16H,3-6,10-12H2,1-2H3,(H,21,23)/b22-14+. The van der Waals surface area contributed by atoms with E-state index in [0.29, 0.717) is 23.1 Å². The highest BCUT2D eigenvalue weighted by atomic mass is 16.7. The summed E-state index contributed by atoms with van der Waals surface area (Å²) in [6, 6.07) is 5.56. The van der Waals surface area contributed by atoms with Gasteiger partial charge in [0.15, 0.2) is 18.1 Å². The van der Waals surface area contributed by atoms with E-state index in [-0.39, 0.29) is 32.0 Å². The third-order valence-corrected chi connectivity index (χ3v) is 5.00. The molecule has 2 unspecified atom stereocenters. The number of hydrogen-bond acceptors (Lipinski definition) is 7. The van der Waals surface area contributed by atoms with E-state index in [1.54, 1.807) is 19.1 Å². The van der Waals surface area contributed by atoms with Crippen molar-refractivity contribution in [2.24, 2.45) is 11.1 Å². The Bertz CT molecular complexity index is 748. The zero-order valence-corrected chi connectivity index (χ0v) is 16.2. The van der Waals surface area contributed by atoms with Crippen molar-refractivity contribution in [1.82, 2.24) is 5.32 Å². The highest BCUT2D eigenvalue weighted by Crippen LogP contribution is 2.32. The SMILES string of the molecule is C/C(=N\OCC(=O)OCC(=O)NC1CCCCC1C)c1ccc2c(c1)OCO2. The molecule has 1 aliphatic carbocycles. The highest BCUT2D eigenvalue weighted by Gasteiger charge is 2.23. The van der Waals surface area contributed by atoms with Crippen LogP contribution in [0.4, 0.5) is 0 Å². The second-order valence-electron chi connectivity index (χ2n) is 7.11. The number of amides is 1. The van der Waals surface area contributed by atoms with Gasteiger partial charge in [0.25, 0.3) is 5.91 Å². The van der Waals surface area contributed by atoms with Crippen molar-refractivity contribution in [3.63, 3.8) is 0 Å². The molecule has 8 nitrogen and oxygen atoms in total. The number of nitrogens with zero attached hydrogens (tertiary/aromatic N) is 1. The first-order valence-corrected chi connectivity index (χ1v) is 9.54. The molecule has 3 rings (SSSR count). The number of carbonyl (C=O) groups is 2. The molecule has 8 heteroatoms. The average Bonchev–Trinajstić information content (AvgIpc) is 3.16. The number of carbonyl (C=O) groups excluding carboxylic acids is 2. The van der Waals surface area contributed by atoms with E-state index in [0.717, 1.165) is 24.8 Å². The van der Waals surface area contributed by atoms with E-state index in [1.165, 1.54) is 6.42 Å². The van der Waals surface area contributed by atoms with Crippen molar-refractivity contribution < 1.29 is 28.6 Å². The van der Waals surface area contributed by atoms with Crippen LogP contribution < -0.4 is 14.8 Å². The third-order valence-electron chi connectivity index (χ3n) is 5.00. The Hall–Kier alpha value is -2.77. The minimum absolute atomic E-state index is 0.158. The van der Waals surface area contributed by atoms with Crippen LogP contribution in [0.15, 0.2) is 23.4 Å². The number of ether oxygens (including phenoxy) is 3. The average molecular weight is 390 g/mol. The van der Waals surface area contributed by atoms with Crippen molar-refractivity contribution in [2.75, 3.05) is 20.0 Å². The van der Waals surface area contributed by atoms with E-state index in [9.17, 15) is 9.59 Å². The Balaban J connectivity index is 1.38. The van der Waals surface area contributed by atoms with Gasteiger partial charge in [0.2, 0.25) is 13.4 Å². The molecule has 1 heterocycles. The molecule has 1 aromatic carbocycles. The van der Waals surface area contributed by atoms with Crippen LogP contribution in [0.3, 0.4) is 0 Å². The van der Waals surface area contributed by atoms with Gasteiger partial charge in [0.05, 0.1) is 5.71 Å². The Kier molecular flexibility index (Phi) is 6.73. The van der Waals surface area contributed by atoms with Crippen molar-refractivity contribution in [3.05, 3.63) is 23.8 Å². The number of hydrogen-bond donors (Lipinski definition) is 1. The highest BCUT2D eigenvalue weighted by molar-refractivity contribution is 5.99. The van der Waals surface area contributed by atoms with E-state index in [2.05, 4.69) is 17.4 Å². The number of oxime groups is 1. The van der Waals surface area contributed by atoms with Crippen molar-refractivity contribution >= 4 is 17.6 Å². The molecule has 1 amide bonds. The molecule has 0 spiro atoms. The quantitative estimate of drug-likeness (QED) is 0.436. The molecule has 2 atom stereocenters. The molecule has 0 radical (unpaired) electrons. The van der Waals surface area contributed by atoms with E-state index in [1.807, 2.05) is 6.07 Å². The van der Waals surface area contributed by atoms with Gasteiger partial charge in [0.1, 0.15) is 0 Å². The lowest BCUT2D eigenvalue weighted by Crippen LogP contribution is -2.43. The first-order chi connectivity index (χ1) is 13.5. The van der Waals surface area contributed by atoms with Crippen molar-refractivity contribution in [1.29, 1.82) is 0 Å². The van der Waals surface area contributed by atoms with Crippen LogP contribution in [0, 0.1) is 5.92 Å². The van der Waals surface area contributed by atoms with Crippen LogP contribution in [-0.2, 0) is 19.2 Å². The monoisotopic (exact) mass is 390 g/mol. The fourth-order valence-electron chi connectivity index (χ4n) is 3.32. The molecule has 0 bridgehead atoms. The van der Waals surface area contributed by atoms with Gasteiger partial charge in [0, 0.05) is 11.6 Å². The summed E-state index contributed by atoms with van der Waals surface area (Å²) in [5, 5.41) is 6.84. The first-order valence-electron chi connectivity index (χ1n) is 9.54. The van der Waals surface area contributed by atoms with Gasteiger partial charge in [-0.1, -0.05) is 24.9 Å². The Morgan fingerprint density at radius 1 is 1.18 bits per heavy atom. The van der Waals surface area contributed by atoms with Gasteiger partial charge in [-0.2, -0.15) is 0 Å². The van der Waals surface area contributed by atoms with Gasteiger partial charge in [-0.25, -0.2) is 4.79 Å². The summed E-state index contributed by atoms with van der Waals surface area (Å²) in [5.41, 5.74) is 1.37. The summed E-state index contributed by atoms with van der Waals surface area (Å²) >= 11 is 0. The third kappa shape index (κ3) is 5.37. The molecule has 28 heavy (non-hydrogen) atoms. The minimum Gasteiger partial charge on any atom is -0.454 e. The molecule has 152 valence electrons. The summed E-state index contributed by atoms with van der Waals surface area (Å²) in [6.07, 6.45) is 4.40. The Labute approximate surface area is 164 Å². The smallest absolute Gasteiger partial charge is 0.347 e.